The van der Waals surface area contributed by atoms with Gasteiger partial charge in [0.05, 0.1) is 17.5 Å². The Morgan fingerprint density at radius 3 is 2.85 bits per heavy atom. The Bertz CT molecular complexity index is 452. The third-order valence-corrected chi connectivity index (χ3v) is 3.57. The second-order valence-electron chi connectivity index (χ2n) is 2.68. The van der Waals surface area contributed by atoms with Gasteiger partial charge >= 0.3 is 0 Å². The van der Waals surface area contributed by atoms with Crippen molar-refractivity contribution in [3.63, 3.8) is 0 Å². The number of nitrogen functional groups attached to an aromatic ring is 1. The van der Waals surface area contributed by atoms with Crippen LogP contribution in [0.25, 0.3) is 10.1 Å². The zero-order valence-electron chi connectivity index (χ0n) is 7.00. The summed E-state index contributed by atoms with van der Waals surface area (Å²) in [6.45, 7) is 0. The third-order valence-electron chi connectivity index (χ3n) is 1.79. The fraction of sp³-hybridized carbons (Fsp3) is 0.111. The van der Waals surface area contributed by atoms with Crippen molar-refractivity contribution in [2.24, 2.45) is 0 Å². The van der Waals surface area contributed by atoms with Gasteiger partial charge in [-0.05, 0) is 46.2 Å². The second kappa shape index (κ2) is 3.34. The van der Waals surface area contributed by atoms with Gasteiger partial charge in [0.25, 0.3) is 0 Å². The number of benzene rings is 1. The minimum Gasteiger partial charge on any atom is -0.487 e. The molecule has 2 N–H and O–H groups in total. The Morgan fingerprint density at radius 2 is 2.15 bits per heavy atom. The minimum absolute atomic E-state index is 0.829. The summed E-state index contributed by atoms with van der Waals surface area (Å²) in [5.41, 5.74) is 6.70. The van der Waals surface area contributed by atoms with E-state index in [1.165, 1.54) is 0 Å². The van der Waals surface area contributed by atoms with Gasteiger partial charge in [-0.3, -0.25) is 0 Å². The molecule has 0 fully saturated rings. The van der Waals surface area contributed by atoms with Crippen LogP contribution in [-0.4, -0.2) is 7.11 Å². The number of ether oxygens (including phenoxy) is 1. The van der Waals surface area contributed by atoms with E-state index in [1.54, 1.807) is 18.4 Å². The predicted molar refractivity (Wildman–Crippen MR) is 65.5 cm³/mol. The number of halogens is 1. The van der Waals surface area contributed by atoms with Crippen LogP contribution in [0.15, 0.2) is 18.2 Å². The number of methoxy groups -OCH3 is 1. The summed E-state index contributed by atoms with van der Waals surface area (Å²) in [6.07, 6.45) is 0. The first-order valence-corrected chi connectivity index (χ1v) is 5.63. The van der Waals surface area contributed by atoms with E-state index < -0.39 is 0 Å². The highest BCUT2D eigenvalue weighted by Gasteiger charge is 2.05. The normalized spacial score (nSPS) is 10.6. The van der Waals surface area contributed by atoms with Gasteiger partial charge in [0.2, 0.25) is 0 Å². The smallest absolute Gasteiger partial charge is 0.174 e. The molecule has 0 bridgehead atoms. The largest absolute Gasteiger partial charge is 0.487 e. The lowest BCUT2D eigenvalue weighted by atomic mass is 10.2. The lowest BCUT2D eigenvalue weighted by Crippen LogP contribution is -1.84. The molecule has 0 atom stereocenters. The molecule has 1 aromatic heterocycles. The predicted octanol–water partition coefficient (Wildman–Crippen LogP) is 3.10. The van der Waals surface area contributed by atoms with Crippen LogP contribution in [0.1, 0.15) is 0 Å². The summed E-state index contributed by atoms with van der Waals surface area (Å²) in [6, 6.07) is 6.09. The minimum atomic E-state index is 0.829. The molecule has 4 heteroatoms. The number of anilines is 1. The van der Waals surface area contributed by atoms with Crippen LogP contribution < -0.4 is 10.5 Å². The molecular formula is C9H8INOS. The quantitative estimate of drug-likeness (QED) is 0.649. The van der Waals surface area contributed by atoms with E-state index in [9.17, 15) is 0 Å². The van der Waals surface area contributed by atoms with Crippen LogP contribution >= 0.6 is 33.9 Å². The summed E-state index contributed by atoms with van der Waals surface area (Å²) in [4.78, 5) is 0. The monoisotopic (exact) mass is 305 g/mol. The number of fused-ring (bicyclic) bond motifs is 1. The van der Waals surface area contributed by atoms with Crippen LogP contribution in [0.5, 0.6) is 5.06 Å². The lowest BCUT2D eigenvalue weighted by Gasteiger charge is -1.95. The van der Waals surface area contributed by atoms with E-state index in [0.717, 1.165) is 24.4 Å². The van der Waals surface area contributed by atoms with Crippen molar-refractivity contribution in [3.05, 3.63) is 21.8 Å². The molecule has 68 valence electrons. The van der Waals surface area contributed by atoms with Crippen molar-refractivity contribution < 1.29 is 4.74 Å². The molecule has 0 aliphatic rings. The van der Waals surface area contributed by atoms with Crippen LogP contribution in [-0.2, 0) is 0 Å². The summed E-state index contributed by atoms with van der Waals surface area (Å²) < 4.78 is 7.42. The summed E-state index contributed by atoms with van der Waals surface area (Å²) in [5, 5.41) is 2.06. The summed E-state index contributed by atoms with van der Waals surface area (Å²) >= 11 is 3.84. The first-order valence-electron chi connectivity index (χ1n) is 3.73. The SMILES string of the molecule is COc1cc2cc(I)cc(N)c2s1. The van der Waals surface area contributed by atoms with E-state index in [4.69, 9.17) is 10.5 Å². The highest BCUT2D eigenvalue weighted by Crippen LogP contribution is 2.36. The molecule has 1 aromatic carbocycles. The maximum Gasteiger partial charge on any atom is 0.174 e. The van der Waals surface area contributed by atoms with Gasteiger partial charge in [-0.2, -0.15) is 0 Å². The average molecular weight is 305 g/mol. The van der Waals surface area contributed by atoms with E-state index in [2.05, 4.69) is 28.7 Å². The number of thiophene rings is 1. The molecule has 0 radical (unpaired) electrons. The van der Waals surface area contributed by atoms with Gasteiger partial charge < -0.3 is 10.5 Å². The van der Waals surface area contributed by atoms with Crippen LogP contribution in [0.4, 0.5) is 5.69 Å². The van der Waals surface area contributed by atoms with Gasteiger partial charge in [-0.25, -0.2) is 0 Å². The summed E-state index contributed by atoms with van der Waals surface area (Å²) in [7, 11) is 1.67. The molecule has 0 aliphatic heterocycles. The Morgan fingerprint density at radius 1 is 1.38 bits per heavy atom. The Kier molecular flexibility index (Phi) is 2.33. The van der Waals surface area contributed by atoms with Crippen molar-refractivity contribution in [1.82, 2.24) is 0 Å². The van der Waals surface area contributed by atoms with E-state index in [-0.39, 0.29) is 0 Å². The Labute approximate surface area is 93.8 Å². The molecule has 1 heterocycles. The van der Waals surface area contributed by atoms with Gasteiger partial charge in [0, 0.05) is 3.57 Å². The molecule has 2 nitrogen and oxygen atoms in total. The van der Waals surface area contributed by atoms with Crippen LogP contribution in [0, 0.1) is 3.57 Å². The van der Waals surface area contributed by atoms with Crippen molar-refractivity contribution >= 4 is 49.7 Å². The van der Waals surface area contributed by atoms with E-state index in [1.807, 2.05) is 12.1 Å². The van der Waals surface area contributed by atoms with Crippen LogP contribution in [0.2, 0.25) is 0 Å². The van der Waals surface area contributed by atoms with Crippen molar-refractivity contribution in [1.29, 1.82) is 0 Å². The highest BCUT2D eigenvalue weighted by molar-refractivity contribution is 14.1. The zero-order chi connectivity index (χ0) is 9.42. The topological polar surface area (TPSA) is 35.2 Å². The number of hydrogen-bond donors (Lipinski definition) is 1. The molecule has 0 saturated heterocycles. The Hall–Kier alpha value is -0.490. The first kappa shape index (κ1) is 9.08. The van der Waals surface area contributed by atoms with Gasteiger partial charge in [0.1, 0.15) is 0 Å². The molecule has 0 unspecified atom stereocenters. The molecule has 0 saturated carbocycles. The molecule has 13 heavy (non-hydrogen) atoms. The first-order chi connectivity index (χ1) is 6.20. The molecular weight excluding hydrogens is 297 g/mol. The maximum atomic E-state index is 5.88. The summed E-state index contributed by atoms with van der Waals surface area (Å²) in [5.74, 6) is 0. The van der Waals surface area contributed by atoms with E-state index >= 15 is 0 Å². The van der Waals surface area contributed by atoms with Gasteiger partial charge in [-0.1, -0.05) is 11.3 Å². The zero-order valence-corrected chi connectivity index (χ0v) is 9.98. The maximum absolute atomic E-state index is 5.88. The average Bonchev–Trinajstić information content (AvgIpc) is 2.47. The fourth-order valence-corrected chi connectivity index (χ4v) is 2.77. The third kappa shape index (κ3) is 1.60. The number of hydrogen-bond acceptors (Lipinski definition) is 3. The van der Waals surface area contributed by atoms with Crippen molar-refractivity contribution in [3.8, 4) is 5.06 Å². The number of nitrogens with two attached hydrogens (primary N) is 1. The van der Waals surface area contributed by atoms with Gasteiger partial charge in [0.15, 0.2) is 5.06 Å². The van der Waals surface area contributed by atoms with Crippen LogP contribution in [0.3, 0.4) is 0 Å². The molecule has 0 amide bonds. The van der Waals surface area contributed by atoms with Gasteiger partial charge in [-0.15, -0.1) is 0 Å². The van der Waals surface area contributed by atoms with E-state index in [0.29, 0.717) is 0 Å². The highest BCUT2D eigenvalue weighted by atomic mass is 127. The molecule has 2 aromatic rings. The van der Waals surface area contributed by atoms with Crippen molar-refractivity contribution in [2.45, 2.75) is 0 Å². The lowest BCUT2D eigenvalue weighted by molar-refractivity contribution is 0.427. The standard InChI is InChI=1S/C9H8INOS/c1-12-8-3-5-2-6(10)4-7(11)9(5)13-8/h2-4H,11H2,1H3. The molecule has 0 aliphatic carbocycles. The Balaban J connectivity index is 2.75. The fourth-order valence-electron chi connectivity index (χ4n) is 1.22. The van der Waals surface area contributed by atoms with Crippen molar-refractivity contribution in [2.75, 3.05) is 12.8 Å². The molecule has 0 spiro atoms. The number of rotatable bonds is 1. The molecule has 2 rings (SSSR count). The second-order valence-corrected chi connectivity index (χ2v) is 4.94.